The van der Waals surface area contributed by atoms with Gasteiger partial charge in [0.15, 0.2) is 0 Å². The van der Waals surface area contributed by atoms with Crippen molar-refractivity contribution in [1.29, 1.82) is 0 Å². The molecule has 0 atom stereocenters. The number of nitrogen functional groups attached to an aromatic ring is 1. The van der Waals surface area contributed by atoms with Crippen LogP contribution in [0.5, 0.6) is 0 Å². The van der Waals surface area contributed by atoms with Gasteiger partial charge in [-0.05, 0) is 38.6 Å². The summed E-state index contributed by atoms with van der Waals surface area (Å²) in [5, 5.41) is 11.4. The smallest absolute Gasteiger partial charge is 0.150 e. The minimum absolute atomic E-state index is 0.275. The Morgan fingerprint density at radius 1 is 1.20 bits per heavy atom. The molecule has 0 saturated heterocycles. The maximum atomic E-state index is 6.20. The number of nitrogens with two attached hydrogens (primary N) is 1. The predicted molar refractivity (Wildman–Crippen MR) is 100 cm³/mol. The van der Waals surface area contributed by atoms with Crippen LogP contribution in [0.3, 0.4) is 0 Å². The number of hydrogen-bond donors (Lipinski definition) is 4. The number of imidazole rings is 1. The maximum Gasteiger partial charge on any atom is 0.150 e. The van der Waals surface area contributed by atoms with Crippen molar-refractivity contribution >= 4 is 27.8 Å². The second kappa shape index (κ2) is 5.56. The summed E-state index contributed by atoms with van der Waals surface area (Å²) in [5.41, 5.74) is 10.3. The minimum atomic E-state index is -0.275. The molecule has 7 nitrogen and oxygen atoms in total. The average molecular weight is 335 g/mol. The van der Waals surface area contributed by atoms with E-state index in [1.807, 2.05) is 24.3 Å². The van der Waals surface area contributed by atoms with Crippen molar-refractivity contribution in [2.24, 2.45) is 0 Å². The van der Waals surface area contributed by atoms with Gasteiger partial charge < -0.3 is 16.0 Å². The van der Waals surface area contributed by atoms with Crippen LogP contribution in [0.4, 0.5) is 5.82 Å². The van der Waals surface area contributed by atoms with Gasteiger partial charge >= 0.3 is 0 Å². The van der Waals surface area contributed by atoms with E-state index in [-0.39, 0.29) is 5.54 Å². The third-order valence-corrected chi connectivity index (χ3v) is 4.48. The number of H-pyrrole nitrogens is 2. The third kappa shape index (κ3) is 2.53. The van der Waals surface area contributed by atoms with Crippen molar-refractivity contribution in [3.8, 4) is 11.3 Å². The number of hydrogen-bond acceptors (Lipinski definition) is 5. The number of nitrogens with one attached hydrogen (secondary N) is 3. The Kier molecular flexibility index (Phi) is 3.47. The Morgan fingerprint density at radius 2 is 2.04 bits per heavy atom. The van der Waals surface area contributed by atoms with Crippen LogP contribution in [-0.4, -0.2) is 31.7 Å². The highest BCUT2D eigenvalue weighted by atomic mass is 15.1. The number of benzene rings is 1. The van der Waals surface area contributed by atoms with Gasteiger partial charge in [-0.1, -0.05) is 13.0 Å². The number of nitrogens with zero attached hydrogens (tertiary/aromatic N) is 3. The molecule has 3 heterocycles. The van der Waals surface area contributed by atoms with Crippen LogP contribution in [0.25, 0.3) is 33.2 Å². The van der Waals surface area contributed by atoms with Crippen LogP contribution in [0.15, 0.2) is 30.5 Å². The Morgan fingerprint density at radius 3 is 2.76 bits per heavy atom. The molecular weight excluding hydrogens is 314 g/mol. The molecule has 0 amide bonds. The van der Waals surface area contributed by atoms with E-state index >= 15 is 0 Å². The molecule has 0 aliphatic heterocycles. The van der Waals surface area contributed by atoms with Crippen molar-refractivity contribution in [3.63, 3.8) is 0 Å². The summed E-state index contributed by atoms with van der Waals surface area (Å²) in [6.45, 7) is 7.12. The molecule has 7 heteroatoms. The minimum Gasteiger partial charge on any atom is -0.382 e. The molecule has 0 aliphatic rings. The van der Waals surface area contributed by atoms with Gasteiger partial charge in [0.1, 0.15) is 22.7 Å². The molecule has 0 saturated carbocycles. The SMILES string of the molecule is CCNC(C)(C)c1nc2c([nH]1)c(N)nc1cc(-c3ccn[nH]3)ccc12. The molecule has 4 rings (SSSR count). The normalized spacial score (nSPS) is 12.3. The van der Waals surface area contributed by atoms with Gasteiger partial charge in [-0.15, -0.1) is 0 Å². The first-order chi connectivity index (χ1) is 12.0. The second-order valence-corrected chi connectivity index (χ2v) is 6.66. The van der Waals surface area contributed by atoms with E-state index in [4.69, 9.17) is 10.7 Å². The van der Waals surface area contributed by atoms with Crippen LogP contribution in [0.1, 0.15) is 26.6 Å². The van der Waals surface area contributed by atoms with Crippen LogP contribution in [0.2, 0.25) is 0 Å². The van der Waals surface area contributed by atoms with Gasteiger partial charge in [-0.25, -0.2) is 9.97 Å². The molecule has 5 N–H and O–H groups in total. The lowest BCUT2D eigenvalue weighted by Gasteiger charge is -2.22. The molecule has 0 radical (unpaired) electrons. The van der Waals surface area contributed by atoms with E-state index in [1.165, 1.54) is 0 Å². The van der Waals surface area contributed by atoms with Crippen molar-refractivity contribution < 1.29 is 0 Å². The number of fused-ring (bicyclic) bond motifs is 3. The van der Waals surface area contributed by atoms with Crippen LogP contribution >= 0.6 is 0 Å². The molecule has 0 fully saturated rings. The van der Waals surface area contributed by atoms with Gasteiger partial charge in [0, 0.05) is 17.1 Å². The summed E-state index contributed by atoms with van der Waals surface area (Å²) < 4.78 is 0. The Balaban J connectivity index is 1.92. The number of pyridine rings is 1. The number of aromatic amines is 2. The molecule has 25 heavy (non-hydrogen) atoms. The fourth-order valence-corrected chi connectivity index (χ4v) is 3.17. The maximum absolute atomic E-state index is 6.20. The highest BCUT2D eigenvalue weighted by Crippen LogP contribution is 2.31. The van der Waals surface area contributed by atoms with Gasteiger partial charge in [0.05, 0.1) is 16.7 Å². The average Bonchev–Trinajstić information content (AvgIpc) is 3.25. The predicted octanol–water partition coefficient (Wildman–Crippen LogP) is 2.93. The lowest BCUT2D eigenvalue weighted by Crippen LogP contribution is -2.37. The van der Waals surface area contributed by atoms with E-state index in [2.05, 4.69) is 46.3 Å². The highest BCUT2D eigenvalue weighted by molar-refractivity contribution is 6.07. The molecular formula is C18H21N7. The van der Waals surface area contributed by atoms with Gasteiger partial charge in [-0.2, -0.15) is 5.10 Å². The Labute approximate surface area is 145 Å². The topological polar surface area (TPSA) is 108 Å². The third-order valence-electron chi connectivity index (χ3n) is 4.48. The second-order valence-electron chi connectivity index (χ2n) is 6.66. The largest absolute Gasteiger partial charge is 0.382 e. The van der Waals surface area contributed by atoms with E-state index in [1.54, 1.807) is 6.20 Å². The van der Waals surface area contributed by atoms with E-state index in [0.717, 1.165) is 45.6 Å². The molecule has 3 aromatic heterocycles. The summed E-state index contributed by atoms with van der Waals surface area (Å²) in [6, 6.07) is 8.00. The number of aromatic nitrogens is 5. The molecule has 128 valence electrons. The summed E-state index contributed by atoms with van der Waals surface area (Å²) >= 11 is 0. The summed E-state index contributed by atoms with van der Waals surface area (Å²) in [6.07, 6.45) is 1.73. The zero-order valence-corrected chi connectivity index (χ0v) is 14.5. The van der Waals surface area contributed by atoms with Crippen LogP contribution in [-0.2, 0) is 5.54 Å². The number of rotatable bonds is 4. The monoisotopic (exact) mass is 335 g/mol. The first kappa shape index (κ1) is 15.6. The fourth-order valence-electron chi connectivity index (χ4n) is 3.17. The fraction of sp³-hybridized carbons (Fsp3) is 0.278. The van der Waals surface area contributed by atoms with Crippen LogP contribution in [0, 0.1) is 0 Å². The molecule has 0 spiro atoms. The Hall–Kier alpha value is -2.93. The van der Waals surface area contributed by atoms with Crippen molar-refractivity contribution in [3.05, 3.63) is 36.3 Å². The molecule has 1 aromatic carbocycles. The van der Waals surface area contributed by atoms with E-state index in [0.29, 0.717) is 5.82 Å². The standard InChI is InChI=1S/C18H21N7/c1-4-20-18(2,3)17-23-14-11-6-5-10(12-7-8-21-25-12)9-13(11)22-16(19)15(14)24-17/h5-9,20H,4H2,1-3H3,(H2,19,22)(H,21,25)(H,23,24). The molecule has 4 aromatic rings. The highest BCUT2D eigenvalue weighted by Gasteiger charge is 2.24. The zero-order chi connectivity index (χ0) is 17.6. The van der Waals surface area contributed by atoms with Crippen molar-refractivity contribution in [2.45, 2.75) is 26.3 Å². The first-order valence-corrected chi connectivity index (χ1v) is 8.34. The Bertz CT molecular complexity index is 1040. The number of anilines is 1. The lowest BCUT2D eigenvalue weighted by molar-refractivity contribution is 0.395. The van der Waals surface area contributed by atoms with Crippen molar-refractivity contribution in [2.75, 3.05) is 12.3 Å². The zero-order valence-electron chi connectivity index (χ0n) is 14.5. The summed E-state index contributed by atoms with van der Waals surface area (Å²) in [4.78, 5) is 12.7. The first-order valence-electron chi connectivity index (χ1n) is 8.34. The van der Waals surface area contributed by atoms with E-state index < -0.39 is 0 Å². The van der Waals surface area contributed by atoms with Crippen molar-refractivity contribution in [1.82, 2.24) is 30.5 Å². The summed E-state index contributed by atoms with van der Waals surface area (Å²) in [5.74, 6) is 1.30. The quantitative estimate of drug-likeness (QED) is 0.458. The van der Waals surface area contributed by atoms with E-state index in [9.17, 15) is 0 Å². The van der Waals surface area contributed by atoms with Gasteiger partial charge in [0.25, 0.3) is 0 Å². The lowest BCUT2D eigenvalue weighted by atomic mass is 10.1. The summed E-state index contributed by atoms with van der Waals surface area (Å²) in [7, 11) is 0. The molecule has 0 aliphatic carbocycles. The molecule has 0 bridgehead atoms. The van der Waals surface area contributed by atoms with Gasteiger partial charge in [0.2, 0.25) is 0 Å². The van der Waals surface area contributed by atoms with Gasteiger partial charge in [-0.3, -0.25) is 5.10 Å². The molecule has 0 unspecified atom stereocenters. The van der Waals surface area contributed by atoms with Crippen LogP contribution < -0.4 is 11.1 Å².